The van der Waals surface area contributed by atoms with Crippen molar-refractivity contribution in [3.05, 3.63) is 65.5 Å². The Labute approximate surface area is 113 Å². The van der Waals surface area contributed by atoms with Crippen molar-refractivity contribution in [1.29, 1.82) is 0 Å². The van der Waals surface area contributed by atoms with Gasteiger partial charge in [0.25, 0.3) is 0 Å². The van der Waals surface area contributed by atoms with E-state index in [-0.39, 0.29) is 24.2 Å². The van der Waals surface area contributed by atoms with Crippen molar-refractivity contribution < 1.29 is 9.13 Å². The summed E-state index contributed by atoms with van der Waals surface area (Å²) in [6, 6.07) is 14.2. The van der Waals surface area contributed by atoms with Crippen LogP contribution in [0.2, 0.25) is 0 Å². The molecule has 0 heterocycles. The molecule has 100 valence electrons. The van der Waals surface area contributed by atoms with E-state index in [2.05, 4.69) is 19.1 Å². The molecule has 1 unspecified atom stereocenters. The molecule has 0 bridgehead atoms. The fraction of sp³-hybridized carbons (Fsp3) is 0.250. The molecule has 0 aromatic heterocycles. The molecule has 0 saturated heterocycles. The molecule has 2 aromatic carbocycles. The van der Waals surface area contributed by atoms with Crippen molar-refractivity contribution in [3.63, 3.8) is 0 Å². The van der Waals surface area contributed by atoms with Gasteiger partial charge in [0.2, 0.25) is 0 Å². The van der Waals surface area contributed by atoms with E-state index in [0.29, 0.717) is 0 Å². The van der Waals surface area contributed by atoms with Gasteiger partial charge in [-0.2, -0.15) is 0 Å². The lowest BCUT2D eigenvalue weighted by Gasteiger charge is -2.14. The molecule has 3 heteroatoms. The highest BCUT2D eigenvalue weighted by atomic mass is 19.1. The van der Waals surface area contributed by atoms with Crippen LogP contribution in [0, 0.1) is 5.82 Å². The quantitative estimate of drug-likeness (QED) is 0.892. The van der Waals surface area contributed by atoms with Gasteiger partial charge in [0.15, 0.2) is 11.6 Å². The van der Waals surface area contributed by atoms with Crippen LogP contribution in [0.5, 0.6) is 5.75 Å². The topological polar surface area (TPSA) is 35.2 Å². The summed E-state index contributed by atoms with van der Waals surface area (Å²) in [5.41, 5.74) is 8.30. The van der Waals surface area contributed by atoms with E-state index in [0.717, 1.165) is 12.0 Å². The van der Waals surface area contributed by atoms with Gasteiger partial charge in [-0.3, -0.25) is 0 Å². The summed E-state index contributed by atoms with van der Waals surface area (Å²) in [6.07, 6.45) is 1.00. The highest BCUT2D eigenvalue weighted by Crippen LogP contribution is 2.18. The molecule has 0 aliphatic carbocycles. The third-order valence-electron chi connectivity index (χ3n) is 3.07. The van der Waals surface area contributed by atoms with Crippen LogP contribution in [0.3, 0.4) is 0 Å². The maximum absolute atomic E-state index is 13.4. The standard InChI is InChI=1S/C16H18FNO/c1-2-12-7-9-13(10-8-12)15(18)11-19-16-6-4-3-5-14(16)17/h3-10,15H,2,11,18H2,1H3. The normalized spacial score (nSPS) is 12.2. The third kappa shape index (κ3) is 3.55. The van der Waals surface area contributed by atoms with Crippen molar-refractivity contribution in [1.82, 2.24) is 0 Å². The van der Waals surface area contributed by atoms with Gasteiger partial charge in [-0.1, -0.05) is 43.3 Å². The summed E-state index contributed by atoms with van der Waals surface area (Å²) in [5, 5.41) is 0. The molecule has 0 radical (unpaired) electrons. The largest absolute Gasteiger partial charge is 0.489 e. The monoisotopic (exact) mass is 259 g/mol. The van der Waals surface area contributed by atoms with Gasteiger partial charge in [0.05, 0.1) is 6.04 Å². The van der Waals surface area contributed by atoms with Crippen LogP contribution in [0.4, 0.5) is 4.39 Å². The zero-order valence-electron chi connectivity index (χ0n) is 11.0. The number of nitrogens with two attached hydrogens (primary N) is 1. The maximum Gasteiger partial charge on any atom is 0.165 e. The molecule has 2 nitrogen and oxygen atoms in total. The maximum atomic E-state index is 13.4. The van der Waals surface area contributed by atoms with Crippen molar-refractivity contribution in [3.8, 4) is 5.75 Å². The highest BCUT2D eigenvalue weighted by molar-refractivity contribution is 5.26. The molecule has 0 spiro atoms. The molecular formula is C16H18FNO. The van der Waals surface area contributed by atoms with Crippen LogP contribution in [0.1, 0.15) is 24.1 Å². The molecule has 2 aromatic rings. The number of rotatable bonds is 5. The Balaban J connectivity index is 1.97. The predicted molar refractivity (Wildman–Crippen MR) is 74.6 cm³/mol. The lowest BCUT2D eigenvalue weighted by molar-refractivity contribution is 0.277. The van der Waals surface area contributed by atoms with Crippen LogP contribution in [0.15, 0.2) is 48.5 Å². The first-order chi connectivity index (χ1) is 9.20. The van der Waals surface area contributed by atoms with Crippen LogP contribution in [-0.4, -0.2) is 6.61 Å². The van der Waals surface area contributed by atoms with Gasteiger partial charge < -0.3 is 10.5 Å². The first-order valence-corrected chi connectivity index (χ1v) is 6.42. The Morgan fingerprint density at radius 1 is 1.11 bits per heavy atom. The number of hydrogen-bond donors (Lipinski definition) is 1. The molecular weight excluding hydrogens is 241 g/mol. The summed E-state index contributed by atoms with van der Waals surface area (Å²) in [4.78, 5) is 0. The lowest BCUT2D eigenvalue weighted by atomic mass is 10.1. The minimum Gasteiger partial charge on any atom is -0.489 e. The van der Waals surface area contributed by atoms with Gasteiger partial charge in [-0.15, -0.1) is 0 Å². The van der Waals surface area contributed by atoms with Crippen molar-refractivity contribution in [2.45, 2.75) is 19.4 Å². The second-order valence-electron chi connectivity index (χ2n) is 4.44. The number of halogens is 1. The third-order valence-corrected chi connectivity index (χ3v) is 3.07. The summed E-state index contributed by atoms with van der Waals surface area (Å²) in [6.45, 7) is 2.36. The molecule has 0 amide bonds. The number of hydrogen-bond acceptors (Lipinski definition) is 2. The van der Waals surface area contributed by atoms with Gasteiger partial charge in [-0.25, -0.2) is 4.39 Å². The molecule has 1 atom stereocenters. The van der Waals surface area contributed by atoms with Gasteiger partial charge in [0, 0.05) is 0 Å². The van der Waals surface area contributed by atoms with Crippen LogP contribution >= 0.6 is 0 Å². The minimum absolute atomic E-state index is 0.239. The summed E-state index contributed by atoms with van der Waals surface area (Å²) < 4.78 is 18.8. The second-order valence-corrected chi connectivity index (χ2v) is 4.44. The van der Waals surface area contributed by atoms with Gasteiger partial charge in [-0.05, 0) is 29.7 Å². The molecule has 0 fully saturated rings. The first kappa shape index (κ1) is 13.6. The molecule has 0 saturated carbocycles. The average Bonchev–Trinajstić information content (AvgIpc) is 2.46. The predicted octanol–water partition coefficient (Wildman–Crippen LogP) is 3.47. The van der Waals surface area contributed by atoms with Crippen LogP contribution < -0.4 is 10.5 Å². The average molecular weight is 259 g/mol. The Hall–Kier alpha value is -1.87. The fourth-order valence-electron chi connectivity index (χ4n) is 1.84. The van der Waals surface area contributed by atoms with Crippen molar-refractivity contribution >= 4 is 0 Å². The lowest BCUT2D eigenvalue weighted by Crippen LogP contribution is -2.19. The van der Waals surface area contributed by atoms with E-state index in [1.54, 1.807) is 18.2 Å². The van der Waals surface area contributed by atoms with Crippen molar-refractivity contribution in [2.75, 3.05) is 6.61 Å². The summed E-state index contributed by atoms with van der Waals surface area (Å²) in [7, 11) is 0. The number of ether oxygens (including phenoxy) is 1. The van der Waals surface area contributed by atoms with E-state index in [9.17, 15) is 4.39 Å². The fourth-order valence-corrected chi connectivity index (χ4v) is 1.84. The molecule has 19 heavy (non-hydrogen) atoms. The highest BCUT2D eigenvalue weighted by Gasteiger charge is 2.08. The van der Waals surface area contributed by atoms with E-state index in [1.807, 2.05) is 12.1 Å². The molecule has 0 aliphatic rings. The van der Waals surface area contributed by atoms with E-state index >= 15 is 0 Å². The van der Waals surface area contributed by atoms with E-state index in [1.165, 1.54) is 11.6 Å². The summed E-state index contributed by atoms with van der Waals surface area (Å²) >= 11 is 0. The smallest absolute Gasteiger partial charge is 0.165 e. The number of para-hydroxylation sites is 1. The Morgan fingerprint density at radius 2 is 1.79 bits per heavy atom. The Bertz CT molecular complexity index is 525. The zero-order chi connectivity index (χ0) is 13.7. The van der Waals surface area contributed by atoms with E-state index < -0.39 is 0 Å². The zero-order valence-corrected chi connectivity index (χ0v) is 11.0. The number of benzene rings is 2. The van der Waals surface area contributed by atoms with Crippen LogP contribution in [0.25, 0.3) is 0 Å². The SMILES string of the molecule is CCc1ccc(C(N)COc2ccccc2F)cc1. The van der Waals surface area contributed by atoms with Crippen molar-refractivity contribution in [2.24, 2.45) is 5.73 Å². The molecule has 2 N–H and O–H groups in total. The second kappa shape index (κ2) is 6.34. The van der Waals surface area contributed by atoms with E-state index in [4.69, 9.17) is 10.5 Å². The Kier molecular flexibility index (Phi) is 4.53. The summed E-state index contributed by atoms with van der Waals surface area (Å²) in [5.74, 6) is -0.126. The van der Waals surface area contributed by atoms with Gasteiger partial charge >= 0.3 is 0 Å². The minimum atomic E-state index is -0.365. The molecule has 2 rings (SSSR count). The number of aryl methyl sites for hydroxylation is 1. The first-order valence-electron chi connectivity index (χ1n) is 6.42. The molecule has 0 aliphatic heterocycles. The van der Waals surface area contributed by atoms with Gasteiger partial charge in [0.1, 0.15) is 6.61 Å². The van der Waals surface area contributed by atoms with Crippen LogP contribution in [-0.2, 0) is 6.42 Å². The Morgan fingerprint density at radius 3 is 2.42 bits per heavy atom.